The molecule has 1 heterocycles. The first-order valence-electron chi connectivity index (χ1n) is 8.39. The Morgan fingerprint density at radius 3 is 2.44 bits per heavy atom. The summed E-state index contributed by atoms with van der Waals surface area (Å²) in [6.07, 6.45) is 1.81. The number of anilines is 1. The van der Waals surface area contributed by atoms with E-state index in [2.05, 4.69) is 36.5 Å². The Balaban J connectivity index is 0.00000225. The highest BCUT2D eigenvalue weighted by Gasteiger charge is 2.35. The lowest BCUT2D eigenvalue weighted by Crippen LogP contribution is -2.45. The number of hydrogen-bond donors (Lipinski definition) is 2. The quantitative estimate of drug-likeness (QED) is 0.820. The lowest BCUT2D eigenvalue weighted by Gasteiger charge is -2.39. The molecule has 0 bridgehead atoms. The number of rotatable bonds is 4. The Morgan fingerprint density at radius 2 is 1.76 bits per heavy atom. The third-order valence-electron chi connectivity index (χ3n) is 4.96. The minimum absolute atomic E-state index is 0. The molecule has 2 aromatic carbocycles. The summed E-state index contributed by atoms with van der Waals surface area (Å²) in [4.78, 5) is 12.5. The first kappa shape index (κ1) is 19.3. The van der Waals surface area contributed by atoms with E-state index in [-0.39, 0.29) is 23.7 Å². The second-order valence-electron chi connectivity index (χ2n) is 6.48. The number of ether oxygens (including phenoxy) is 1. The molecule has 0 aromatic heterocycles. The normalized spacial score (nSPS) is 15.9. The maximum Gasteiger partial charge on any atom is 0.253 e. The molecule has 4 nitrogen and oxygen atoms in total. The van der Waals surface area contributed by atoms with Crippen LogP contribution in [0.4, 0.5) is 5.69 Å². The van der Waals surface area contributed by atoms with E-state index in [0.717, 1.165) is 26.1 Å². The zero-order valence-electron chi connectivity index (χ0n) is 14.5. The fourth-order valence-electron chi connectivity index (χ4n) is 3.52. The number of nitrogen functional groups attached to an aromatic ring is 1. The lowest BCUT2D eigenvalue weighted by molar-refractivity contribution is 0.0485. The van der Waals surface area contributed by atoms with E-state index in [1.165, 1.54) is 11.1 Å². The standard InChI is InChI=1S/C20H24N2O2.ClH/c1-15-6-2-4-8-17(15)20(10-12-24-13-11-20)14-22-19(23)16-7-3-5-9-18(16)21;/h2-9H,10-14,21H2,1H3,(H,22,23);1H. The topological polar surface area (TPSA) is 64.4 Å². The zero-order valence-corrected chi connectivity index (χ0v) is 15.3. The number of nitrogens with two attached hydrogens (primary N) is 1. The number of halogens is 1. The van der Waals surface area contributed by atoms with Crippen molar-refractivity contribution in [2.45, 2.75) is 25.2 Å². The number of amides is 1. The van der Waals surface area contributed by atoms with E-state index in [1.807, 2.05) is 12.1 Å². The van der Waals surface area contributed by atoms with Crippen LogP contribution in [-0.4, -0.2) is 25.7 Å². The average Bonchev–Trinajstić information content (AvgIpc) is 2.61. The van der Waals surface area contributed by atoms with Gasteiger partial charge in [0.1, 0.15) is 0 Å². The maximum atomic E-state index is 12.5. The Morgan fingerprint density at radius 1 is 1.12 bits per heavy atom. The summed E-state index contributed by atoms with van der Waals surface area (Å²) < 4.78 is 5.56. The minimum atomic E-state index is -0.118. The molecule has 1 amide bonds. The molecule has 3 N–H and O–H groups in total. The SMILES string of the molecule is Cc1ccccc1C1(CNC(=O)c2ccccc2N)CCOCC1.Cl. The predicted molar refractivity (Wildman–Crippen MR) is 103 cm³/mol. The largest absolute Gasteiger partial charge is 0.398 e. The Kier molecular flexibility index (Phi) is 6.45. The highest BCUT2D eigenvalue weighted by Crippen LogP contribution is 2.36. The van der Waals surface area contributed by atoms with Crippen molar-refractivity contribution in [1.82, 2.24) is 5.32 Å². The summed E-state index contributed by atoms with van der Waals surface area (Å²) in [5.74, 6) is -0.118. The zero-order chi connectivity index (χ0) is 17.0. The molecule has 25 heavy (non-hydrogen) atoms. The van der Waals surface area contributed by atoms with Crippen LogP contribution in [0.1, 0.15) is 34.3 Å². The van der Waals surface area contributed by atoms with E-state index in [9.17, 15) is 4.79 Å². The van der Waals surface area contributed by atoms with E-state index in [4.69, 9.17) is 10.5 Å². The molecule has 3 rings (SSSR count). The molecule has 0 radical (unpaired) electrons. The summed E-state index contributed by atoms with van der Waals surface area (Å²) in [7, 11) is 0. The number of carbonyl (C=O) groups excluding carboxylic acids is 1. The highest BCUT2D eigenvalue weighted by molar-refractivity contribution is 5.99. The van der Waals surface area contributed by atoms with Crippen LogP contribution in [0.3, 0.4) is 0 Å². The molecule has 134 valence electrons. The molecule has 0 atom stereocenters. The molecule has 1 fully saturated rings. The molecule has 2 aromatic rings. The van der Waals surface area contributed by atoms with Crippen molar-refractivity contribution in [3.05, 3.63) is 65.2 Å². The smallest absolute Gasteiger partial charge is 0.253 e. The summed E-state index contributed by atoms with van der Waals surface area (Å²) in [5, 5.41) is 3.10. The van der Waals surface area contributed by atoms with Crippen LogP contribution >= 0.6 is 12.4 Å². The predicted octanol–water partition coefficient (Wildman–Crippen LogP) is 3.48. The van der Waals surface area contributed by atoms with Gasteiger partial charge in [-0.05, 0) is 43.0 Å². The van der Waals surface area contributed by atoms with Crippen molar-refractivity contribution < 1.29 is 9.53 Å². The molecule has 1 saturated heterocycles. The Labute approximate surface area is 155 Å². The van der Waals surface area contributed by atoms with Gasteiger partial charge in [0.25, 0.3) is 5.91 Å². The van der Waals surface area contributed by atoms with Crippen LogP contribution in [0.5, 0.6) is 0 Å². The molecule has 0 saturated carbocycles. The van der Waals surface area contributed by atoms with E-state index in [1.54, 1.807) is 12.1 Å². The Hall–Kier alpha value is -2.04. The van der Waals surface area contributed by atoms with Gasteiger partial charge in [-0.25, -0.2) is 0 Å². The number of benzene rings is 2. The number of aryl methyl sites for hydroxylation is 1. The van der Waals surface area contributed by atoms with E-state index in [0.29, 0.717) is 17.8 Å². The molecule has 5 heteroatoms. The van der Waals surface area contributed by atoms with Crippen molar-refractivity contribution in [1.29, 1.82) is 0 Å². The van der Waals surface area contributed by atoms with Crippen molar-refractivity contribution in [2.24, 2.45) is 0 Å². The van der Waals surface area contributed by atoms with Gasteiger partial charge in [-0.1, -0.05) is 36.4 Å². The molecule has 1 aliphatic rings. The van der Waals surface area contributed by atoms with Crippen molar-refractivity contribution in [3.8, 4) is 0 Å². The van der Waals surface area contributed by atoms with Gasteiger partial charge < -0.3 is 15.8 Å². The fraction of sp³-hybridized carbons (Fsp3) is 0.350. The van der Waals surface area contributed by atoms with Crippen LogP contribution in [0.15, 0.2) is 48.5 Å². The number of para-hydroxylation sites is 1. The highest BCUT2D eigenvalue weighted by atomic mass is 35.5. The second-order valence-corrected chi connectivity index (χ2v) is 6.48. The monoisotopic (exact) mass is 360 g/mol. The second kappa shape index (κ2) is 8.37. The molecule has 1 aliphatic heterocycles. The minimum Gasteiger partial charge on any atom is -0.398 e. The maximum absolute atomic E-state index is 12.5. The third kappa shape index (κ3) is 4.14. The summed E-state index contributed by atoms with van der Waals surface area (Å²) >= 11 is 0. The molecule has 0 unspecified atom stereocenters. The van der Waals surface area contributed by atoms with Gasteiger partial charge in [-0.3, -0.25) is 4.79 Å². The number of carbonyl (C=O) groups is 1. The van der Waals surface area contributed by atoms with Crippen LogP contribution in [0.25, 0.3) is 0 Å². The molecular weight excluding hydrogens is 336 g/mol. The van der Waals surface area contributed by atoms with Crippen molar-refractivity contribution in [2.75, 3.05) is 25.5 Å². The van der Waals surface area contributed by atoms with Gasteiger partial charge in [0, 0.05) is 30.9 Å². The van der Waals surface area contributed by atoms with Crippen LogP contribution in [0.2, 0.25) is 0 Å². The molecular formula is C20H25ClN2O2. The average molecular weight is 361 g/mol. The van der Waals surface area contributed by atoms with Gasteiger partial charge in [-0.15, -0.1) is 12.4 Å². The van der Waals surface area contributed by atoms with Gasteiger partial charge in [0.2, 0.25) is 0 Å². The van der Waals surface area contributed by atoms with Crippen LogP contribution < -0.4 is 11.1 Å². The van der Waals surface area contributed by atoms with E-state index >= 15 is 0 Å². The van der Waals surface area contributed by atoms with Crippen LogP contribution in [0, 0.1) is 6.92 Å². The van der Waals surface area contributed by atoms with Gasteiger partial charge >= 0.3 is 0 Å². The van der Waals surface area contributed by atoms with Gasteiger partial charge in [-0.2, -0.15) is 0 Å². The summed E-state index contributed by atoms with van der Waals surface area (Å²) in [6, 6.07) is 15.6. The van der Waals surface area contributed by atoms with Crippen molar-refractivity contribution in [3.63, 3.8) is 0 Å². The summed E-state index contributed by atoms with van der Waals surface area (Å²) in [5.41, 5.74) is 9.43. The number of nitrogens with one attached hydrogen (secondary N) is 1. The Bertz CT molecular complexity index is 727. The number of hydrogen-bond acceptors (Lipinski definition) is 3. The molecule has 0 aliphatic carbocycles. The lowest BCUT2D eigenvalue weighted by atomic mass is 9.72. The fourth-order valence-corrected chi connectivity index (χ4v) is 3.52. The molecule has 0 spiro atoms. The first-order valence-corrected chi connectivity index (χ1v) is 8.39. The van der Waals surface area contributed by atoms with Gasteiger partial charge in [0.15, 0.2) is 0 Å². The third-order valence-corrected chi connectivity index (χ3v) is 4.96. The first-order chi connectivity index (χ1) is 11.6. The van der Waals surface area contributed by atoms with Gasteiger partial charge in [0.05, 0.1) is 5.56 Å². The summed E-state index contributed by atoms with van der Waals surface area (Å²) in [6.45, 7) is 4.16. The van der Waals surface area contributed by atoms with E-state index < -0.39 is 0 Å². The van der Waals surface area contributed by atoms with Crippen molar-refractivity contribution >= 4 is 24.0 Å². The van der Waals surface area contributed by atoms with Crippen LogP contribution in [-0.2, 0) is 10.2 Å².